The van der Waals surface area contributed by atoms with Gasteiger partial charge >= 0.3 is 6.03 Å². The Hall–Kier alpha value is -4.19. The van der Waals surface area contributed by atoms with Crippen molar-refractivity contribution in [3.63, 3.8) is 0 Å². The van der Waals surface area contributed by atoms with Crippen molar-refractivity contribution < 1.29 is 9.53 Å². The number of H-pyrrole nitrogens is 1. The zero-order valence-corrected chi connectivity index (χ0v) is 20.8. The maximum atomic E-state index is 12.7. The van der Waals surface area contributed by atoms with Crippen molar-refractivity contribution in [2.45, 2.75) is 25.8 Å². The van der Waals surface area contributed by atoms with E-state index in [4.69, 9.17) is 9.72 Å². The van der Waals surface area contributed by atoms with Crippen molar-refractivity contribution in [3.05, 3.63) is 36.4 Å². The molecule has 5 rings (SSSR count). The van der Waals surface area contributed by atoms with Crippen LogP contribution in [0, 0.1) is 6.92 Å². The summed E-state index contributed by atoms with van der Waals surface area (Å²) in [4.78, 5) is 31.8. The predicted molar refractivity (Wildman–Crippen MR) is 138 cm³/mol. The highest BCUT2D eigenvalue weighted by Crippen LogP contribution is 2.33. The minimum Gasteiger partial charge on any atom is -0.478 e. The van der Waals surface area contributed by atoms with Gasteiger partial charge in [-0.1, -0.05) is 0 Å². The molecule has 1 aliphatic heterocycles. The van der Waals surface area contributed by atoms with E-state index in [0.29, 0.717) is 23.3 Å². The number of hydrogen-bond donors (Lipinski definition) is 4. The number of urea groups is 1. The third-order valence-electron chi connectivity index (χ3n) is 6.35. The molecule has 1 fully saturated rings. The van der Waals surface area contributed by atoms with Gasteiger partial charge < -0.3 is 25.3 Å². The number of ether oxygens (including phenoxy) is 1. The van der Waals surface area contributed by atoms with Crippen LogP contribution in [0.2, 0.25) is 0 Å². The van der Waals surface area contributed by atoms with Crippen LogP contribution in [-0.2, 0) is 7.05 Å². The minimum atomic E-state index is -0.254. The average molecular weight is 491 g/mol. The molecule has 36 heavy (non-hydrogen) atoms. The van der Waals surface area contributed by atoms with E-state index in [-0.39, 0.29) is 12.1 Å². The summed E-state index contributed by atoms with van der Waals surface area (Å²) in [5.74, 6) is 1.34. The number of pyridine rings is 1. The van der Waals surface area contributed by atoms with Crippen LogP contribution in [0.1, 0.15) is 18.4 Å². The molecule has 4 aromatic heterocycles. The summed E-state index contributed by atoms with van der Waals surface area (Å²) in [7, 11) is 5.47. The van der Waals surface area contributed by atoms with Gasteiger partial charge in [-0.25, -0.2) is 19.7 Å². The molecule has 1 saturated heterocycles. The lowest BCUT2D eigenvalue weighted by molar-refractivity contribution is 0.221. The van der Waals surface area contributed by atoms with E-state index in [1.807, 2.05) is 26.2 Å². The van der Waals surface area contributed by atoms with E-state index in [1.54, 1.807) is 30.4 Å². The lowest BCUT2D eigenvalue weighted by Gasteiger charge is -2.29. The van der Waals surface area contributed by atoms with Gasteiger partial charge in [0.05, 0.1) is 24.5 Å². The zero-order valence-electron chi connectivity index (χ0n) is 20.8. The molecule has 5 heterocycles. The highest BCUT2D eigenvalue weighted by Gasteiger charge is 2.20. The monoisotopic (exact) mass is 490 g/mol. The van der Waals surface area contributed by atoms with E-state index in [9.17, 15) is 4.79 Å². The van der Waals surface area contributed by atoms with Crippen molar-refractivity contribution in [2.75, 3.05) is 37.9 Å². The van der Waals surface area contributed by atoms with Crippen LogP contribution in [0.15, 0.2) is 30.9 Å². The number of nitrogens with one attached hydrogen (secondary N) is 4. The van der Waals surface area contributed by atoms with Gasteiger partial charge in [0.2, 0.25) is 5.95 Å². The summed E-state index contributed by atoms with van der Waals surface area (Å²) in [6.45, 7) is 3.90. The van der Waals surface area contributed by atoms with Crippen LogP contribution >= 0.6 is 0 Å². The standard InChI is InChI=1S/C24H30N10O2/c1-14-11-27-23(29-18-13-34(3)32-22(18)36-4)30-19(14)17-12-26-20-16(17)5-8-25-21(20)31-24(35)28-15-6-9-33(2)10-7-15/h5,8,11-13,15,26H,6-7,9-10H2,1-4H3,(H,27,29,30)(H2,25,28,31,35). The molecule has 0 bridgehead atoms. The van der Waals surface area contributed by atoms with Gasteiger partial charge in [-0.15, -0.1) is 5.10 Å². The van der Waals surface area contributed by atoms with Crippen molar-refractivity contribution in [1.29, 1.82) is 0 Å². The fourth-order valence-electron chi connectivity index (χ4n) is 4.43. The number of rotatable bonds is 6. The third kappa shape index (κ3) is 4.80. The second-order valence-electron chi connectivity index (χ2n) is 9.04. The highest BCUT2D eigenvalue weighted by molar-refractivity contribution is 6.04. The number of nitrogens with zero attached hydrogens (tertiary/aromatic N) is 6. The lowest BCUT2D eigenvalue weighted by atomic mass is 10.1. The first-order chi connectivity index (χ1) is 17.4. The topological polar surface area (TPSA) is 138 Å². The molecule has 12 nitrogen and oxygen atoms in total. The second kappa shape index (κ2) is 9.82. The number of amides is 2. The van der Waals surface area contributed by atoms with Gasteiger partial charge in [0.15, 0.2) is 5.82 Å². The number of carbonyl (C=O) groups excluding carboxylic acids is 1. The highest BCUT2D eigenvalue weighted by atomic mass is 16.5. The van der Waals surface area contributed by atoms with E-state index >= 15 is 0 Å². The Morgan fingerprint density at radius 1 is 1.22 bits per heavy atom. The number of piperidine rings is 1. The number of carbonyl (C=O) groups is 1. The molecule has 0 unspecified atom stereocenters. The molecule has 0 radical (unpaired) electrons. The van der Waals surface area contributed by atoms with Crippen LogP contribution in [-0.4, -0.2) is 73.9 Å². The Kier molecular flexibility index (Phi) is 6.42. The van der Waals surface area contributed by atoms with E-state index in [2.05, 4.69) is 47.9 Å². The number of aromatic nitrogens is 6. The summed E-state index contributed by atoms with van der Waals surface area (Å²) in [6.07, 6.45) is 8.98. The molecule has 0 spiro atoms. The summed E-state index contributed by atoms with van der Waals surface area (Å²) in [5, 5.41) is 14.3. The molecule has 0 aromatic carbocycles. The number of hydrogen-bond acceptors (Lipinski definition) is 8. The van der Waals surface area contributed by atoms with Crippen molar-refractivity contribution in [3.8, 4) is 17.1 Å². The first-order valence-corrected chi connectivity index (χ1v) is 11.8. The van der Waals surface area contributed by atoms with Gasteiger partial charge in [0.25, 0.3) is 5.88 Å². The Labute approximate surface area is 208 Å². The number of anilines is 3. The smallest absolute Gasteiger partial charge is 0.320 e. The molecule has 12 heteroatoms. The van der Waals surface area contributed by atoms with Crippen molar-refractivity contribution in [1.82, 2.24) is 39.9 Å². The van der Waals surface area contributed by atoms with Crippen LogP contribution in [0.3, 0.4) is 0 Å². The maximum Gasteiger partial charge on any atom is 0.320 e. The lowest BCUT2D eigenvalue weighted by Crippen LogP contribution is -2.44. The molecule has 0 saturated carbocycles. The number of methoxy groups -OCH3 is 1. The molecule has 2 amide bonds. The van der Waals surface area contributed by atoms with Gasteiger partial charge in [-0.2, -0.15) is 0 Å². The molecular weight excluding hydrogens is 460 g/mol. The van der Waals surface area contributed by atoms with E-state index in [1.165, 1.54) is 0 Å². The quantitative estimate of drug-likeness (QED) is 0.324. The van der Waals surface area contributed by atoms with Crippen molar-refractivity contribution in [2.24, 2.45) is 7.05 Å². The summed E-state index contributed by atoms with van der Waals surface area (Å²) in [6, 6.07) is 1.81. The maximum absolute atomic E-state index is 12.7. The van der Waals surface area contributed by atoms with E-state index in [0.717, 1.165) is 53.7 Å². The fourth-order valence-corrected chi connectivity index (χ4v) is 4.43. The summed E-state index contributed by atoms with van der Waals surface area (Å²) in [5.41, 5.74) is 3.94. The molecule has 188 valence electrons. The van der Waals surface area contributed by atoms with Crippen LogP contribution < -0.4 is 20.7 Å². The molecule has 0 atom stereocenters. The fraction of sp³-hybridized carbons (Fsp3) is 0.375. The van der Waals surface area contributed by atoms with Gasteiger partial charge in [-0.3, -0.25) is 10.00 Å². The number of aryl methyl sites for hydroxylation is 2. The number of aromatic amines is 1. The molecule has 4 N–H and O–H groups in total. The van der Waals surface area contributed by atoms with Crippen LogP contribution in [0.5, 0.6) is 5.88 Å². The molecule has 0 aliphatic carbocycles. The van der Waals surface area contributed by atoms with Crippen molar-refractivity contribution >= 4 is 34.4 Å². The molecule has 4 aromatic rings. The summed E-state index contributed by atoms with van der Waals surface area (Å²) >= 11 is 0. The Morgan fingerprint density at radius 3 is 2.81 bits per heavy atom. The average Bonchev–Trinajstić information content (AvgIpc) is 3.45. The van der Waals surface area contributed by atoms with Gasteiger partial charge in [0, 0.05) is 42.6 Å². The first kappa shape index (κ1) is 23.5. The molecule has 1 aliphatic rings. The SMILES string of the molecule is COc1nn(C)cc1Nc1ncc(C)c(-c2c[nH]c3c(NC(=O)NC4CCN(C)CC4)nccc23)n1. The first-order valence-electron chi connectivity index (χ1n) is 11.8. The Morgan fingerprint density at radius 2 is 2.03 bits per heavy atom. The Bertz CT molecular complexity index is 1390. The zero-order chi connectivity index (χ0) is 25.2. The number of fused-ring (bicyclic) bond motifs is 1. The predicted octanol–water partition coefficient (Wildman–Crippen LogP) is 3.03. The van der Waals surface area contributed by atoms with Crippen LogP contribution in [0.25, 0.3) is 22.2 Å². The molecular formula is C24H30N10O2. The number of likely N-dealkylation sites (tertiary alicyclic amines) is 1. The summed E-state index contributed by atoms with van der Waals surface area (Å²) < 4.78 is 6.97. The van der Waals surface area contributed by atoms with E-state index < -0.39 is 0 Å². The minimum absolute atomic E-state index is 0.160. The van der Waals surface area contributed by atoms with Gasteiger partial charge in [0.1, 0.15) is 5.69 Å². The normalized spacial score (nSPS) is 14.7. The van der Waals surface area contributed by atoms with Crippen LogP contribution in [0.4, 0.5) is 22.2 Å². The Balaban J connectivity index is 1.39. The van der Waals surface area contributed by atoms with Gasteiger partial charge in [-0.05, 0) is 51.5 Å². The largest absolute Gasteiger partial charge is 0.478 e. The second-order valence-corrected chi connectivity index (χ2v) is 9.04. The third-order valence-corrected chi connectivity index (χ3v) is 6.35.